The number of ether oxygens (including phenoxy) is 5. The summed E-state index contributed by atoms with van der Waals surface area (Å²) in [6.45, 7) is 1.84. The fourth-order valence-electron chi connectivity index (χ4n) is 3.19. The van der Waals surface area contributed by atoms with Crippen molar-refractivity contribution in [1.82, 2.24) is 0 Å². The van der Waals surface area contributed by atoms with Gasteiger partial charge in [-0.05, 0) is 48.4 Å². The van der Waals surface area contributed by atoms with Gasteiger partial charge in [-0.15, -0.1) is 0 Å². The van der Waals surface area contributed by atoms with Gasteiger partial charge in [0.1, 0.15) is 6.10 Å². The monoisotopic (exact) mass is 471 g/mol. The third kappa shape index (κ3) is 5.56. The van der Waals surface area contributed by atoms with Gasteiger partial charge in [-0.3, -0.25) is 10.1 Å². The summed E-state index contributed by atoms with van der Waals surface area (Å²) in [5, 5.41) is 11.0. The van der Waals surface area contributed by atoms with Crippen LogP contribution in [0.25, 0.3) is 12.2 Å². The fraction of sp³-hybridized carbons (Fsp3) is 0.250. The zero-order valence-corrected chi connectivity index (χ0v) is 19.8. The minimum absolute atomic E-state index is 0.0782. The van der Waals surface area contributed by atoms with E-state index in [-0.39, 0.29) is 11.1 Å². The normalized spacial score (nSPS) is 11.8. The van der Waals surface area contributed by atoms with E-state index in [0.29, 0.717) is 28.7 Å². The first-order valence-electron chi connectivity index (χ1n) is 9.97. The first kappa shape index (κ1) is 23.9. The summed E-state index contributed by atoms with van der Waals surface area (Å²) in [5.74, 6) is 2.76. The predicted octanol–water partition coefficient (Wildman–Crippen LogP) is 6.00. The van der Waals surface area contributed by atoms with E-state index in [2.05, 4.69) is 0 Å². The average molecular weight is 472 g/mol. The van der Waals surface area contributed by atoms with Crippen LogP contribution in [-0.2, 0) is 0 Å². The number of rotatable bonds is 10. The van der Waals surface area contributed by atoms with Crippen LogP contribution in [-0.4, -0.2) is 33.4 Å². The van der Waals surface area contributed by atoms with E-state index in [1.54, 1.807) is 34.5 Å². The second kappa shape index (κ2) is 10.7. The predicted molar refractivity (Wildman–Crippen MR) is 128 cm³/mol. The van der Waals surface area contributed by atoms with E-state index in [1.165, 1.54) is 6.07 Å². The molecule has 1 atom stereocenters. The highest BCUT2D eigenvalue weighted by Gasteiger charge is 2.18. The Bertz CT molecular complexity index is 1130. The molecule has 3 rings (SSSR count). The molecule has 0 bridgehead atoms. The summed E-state index contributed by atoms with van der Waals surface area (Å²) < 4.78 is 27.7. The highest BCUT2D eigenvalue weighted by Crippen LogP contribution is 2.39. The summed E-state index contributed by atoms with van der Waals surface area (Å²) in [6.07, 6.45) is 3.46. The highest BCUT2D eigenvalue weighted by atomic mass is 32.1. The first-order chi connectivity index (χ1) is 15.9. The summed E-state index contributed by atoms with van der Waals surface area (Å²) in [5.41, 5.74) is 1.74. The van der Waals surface area contributed by atoms with Crippen LogP contribution < -0.4 is 23.7 Å². The average Bonchev–Trinajstić information content (AvgIpc) is 3.33. The van der Waals surface area contributed by atoms with Crippen LogP contribution in [0.15, 0.2) is 42.5 Å². The van der Waals surface area contributed by atoms with E-state index in [4.69, 9.17) is 23.7 Å². The van der Waals surface area contributed by atoms with Gasteiger partial charge >= 0.3 is 5.00 Å². The topological polar surface area (TPSA) is 89.3 Å². The standard InChI is InChI=1S/C24H25NO7S/c1-15(22-10-11-23(33-22)25(26)27)32-19-12-16(8-9-18(19)28-2)6-7-17-13-20(29-3)24(31-5)21(14-17)30-4/h6-15H,1-5H3/b7-6-. The zero-order valence-electron chi connectivity index (χ0n) is 19.0. The van der Waals surface area contributed by atoms with Gasteiger partial charge in [-0.2, -0.15) is 0 Å². The van der Waals surface area contributed by atoms with Crippen molar-refractivity contribution in [2.45, 2.75) is 13.0 Å². The number of thiophene rings is 1. The Hall–Kier alpha value is -3.72. The SMILES string of the molecule is COc1ccc(/C=C\c2cc(OC)c(OC)c(OC)c2)cc1OC(C)c1ccc([N+](=O)[O-])s1. The summed E-state index contributed by atoms with van der Waals surface area (Å²) in [4.78, 5) is 11.3. The molecule has 0 saturated carbocycles. The van der Waals surface area contributed by atoms with Crippen LogP contribution in [0.5, 0.6) is 28.7 Å². The van der Waals surface area contributed by atoms with Crippen molar-refractivity contribution in [3.05, 3.63) is 68.6 Å². The van der Waals surface area contributed by atoms with E-state index in [0.717, 1.165) is 27.3 Å². The van der Waals surface area contributed by atoms with Crippen molar-refractivity contribution >= 4 is 28.5 Å². The maximum atomic E-state index is 11.0. The summed E-state index contributed by atoms with van der Waals surface area (Å²) in [7, 11) is 6.26. The smallest absolute Gasteiger partial charge is 0.324 e. The molecule has 0 aliphatic heterocycles. The molecule has 0 saturated heterocycles. The first-order valence-corrected chi connectivity index (χ1v) is 10.8. The Morgan fingerprint density at radius 1 is 0.818 bits per heavy atom. The molecule has 1 unspecified atom stereocenters. The Morgan fingerprint density at radius 3 is 1.97 bits per heavy atom. The minimum atomic E-state index is -0.407. The molecule has 0 radical (unpaired) electrons. The van der Waals surface area contributed by atoms with E-state index in [9.17, 15) is 10.1 Å². The molecule has 0 fully saturated rings. The van der Waals surface area contributed by atoms with Gasteiger partial charge in [-0.25, -0.2) is 0 Å². The summed E-state index contributed by atoms with van der Waals surface area (Å²) in [6, 6.07) is 12.5. The van der Waals surface area contributed by atoms with Gasteiger partial charge in [0, 0.05) is 6.07 Å². The van der Waals surface area contributed by atoms with Crippen molar-refractivity contribution in [2.75, 3.05) is 28.4 Å². The van der Waals surface area contributed by atoms with Gasteiger partial charge in [-0.1, -0.05) is 29.6 Å². The Balaban J connectivity index is 1.86. The molecule has 33 heavy (non-hydrogen) atoms. The van der Waals surface area contributed by atoms with Crippen molar-refractivity contribution < 1.29 is 28.6 Å². The van der Waals surface area contributed by atoms with E-state index >= 15 is 0 Å². The van der Waals surface area contributed by atoms with Gasteiger partial charge in [0.05, 0.1) is 38.2 Å². The van der Waals surface area contributed by atoms with Crippen LogP contribution in [0.1, 0.15) is 29.0 Å². The number of nitrogens with zero attached hydrogens (tertiary/aromatic N) is 1. The highest BCUT2D eigenvalue weighted by molar-refractivity contribution is 7.15. The quantitative estimate of drug-likeness (QED) is 0.203. The van der Waals surface area contributed by atoms with Gasteiger partial charge in [0.25, 0.3) is 0 Å². The number of methoxy groups -OCH3 is 4. The maximum absolute atomic E-state index is 11.0. The molecule has 9 heteroatoms. The number of hydrogen-bond acceptors (Lipinski definition) is 8. The van der Waals surface area contributed by atoms with E-state index in [1.807, 2.05) is 49.4 Å². The Morgan fingerprint density at radius 2 is 1.42 bits per heavy atom. The molecule has 0 spiro atoms. The van der Waals surface area contributed by atoms with E-state index < -0.39 is 4.92 Å². The molecular weight excluding hydrogens is 446 g/mol. The summed E-state index contributed by atoms with van der Waals surface area (Å²) >= 11 is 1.09. The maximum Gasteiger partial charge on any atom is 0.324 e. The van der Waals surface area contributed by atoms with Crippen LogP contribution in [0.4, 0.5) is 5.00 Å². The third-order valence-corrected chi connectivity index (χ3v) is 6.04. The Kier molecular flexibility index (Phi) is 7.78. The molecule has 1 heterocycles. The van der Waals surface area contributed by atoms with Crippen molar-refractivity contribution in [1.29, 1.82) is 0 Å². The molecule has 0 aliphatic rings. The molecule has 1 aromatic heterocycles. The molecule has 3 aromatic rings. The van der Waals surface area contributed by atoms with Crippen molar-refractivity contribution in [3.63, 3.8) is 0 Å². The second-order valence-electron chi connectivity index (χ2n) is 6.90. The molecule has 0 N–H and O–H groups in total. The molecule has 0 amide bonds. The lowest BCUT2D eigenvalue weighted by Crippen LogP contribution is -2.02. The van der Waals surface area contributed by atoms with Crippen LogP contribution >= 0.6 is 11.3 Å². The molecular formula is C24H25NO7S. The minimum Gasteiger partial charge on any atom is -0.493 e. The Labute approximate surface area is 196 Å². The van der Waals surface area contributed by atoms with Crippen LogP contribution in [0.3, 0.4) is 0 Å². The molecule has 0 aliphatic carbocycles. The number of benzene rings is 2. The second-order valence-corrected chi connectivity index (χ2v) is 7.99. The lowest BCUT2D eigenvalue weighted by atomic mass is 10.1. The van der Waals surface area contributed by atoms with Crippen molar-refractivity contribution in [2.24, 2.45) is 0 Å². The molecule has 174 valence electrons. The van der Waals surface area contributed by atoms with Crippen molar-refractivity contribution in [3.8, 4) is 28.7 Å². The largest absolute Gasteiger partial charge is 0.493 e. The van der Waals surface area contributed by atoms with Gasteiger partial charge in [0.15, 0.2) is 23.0 Å². The number of hydrogen-bond donors (Lipinski definition) is 0. The van der Waals surface area contributed by atoms with Crippen LogP contribution in [0, 0.1) is 10.1 Å². The van der Waals surface area contributed by atoms with Crippen LogP contribution in [0.2, 0.25) is 0 Å². The fourth-order valence-corrected chi connectivity index (χ4v) is 3.99. The molecule has 8 nitrogen and oxygen atoms in total. The lowest BCUT2D eigenvalue weighted by Gasteiger charge is -2.16. The van der Waals surface area contributed by atoms with Gasteiger partial charge < -0.3 is 23.7 Å². The lowest BCUT2D eigenvalue weighted by molar-refractivity contribution is -0.380. The van der Waals surface area contributed by atoms with Gasteiger partial charge in [0.2, 0.25) is 5.75 Å². The molecule has 2 aromatic carbocycles. The number of nitro groups is 1. The third-order valence-electron chi connectivity index (χ3n) is 4.84. The zero-order chi connectivity index (χ0) is 24.0.